The van der Waals surface area contributed by atoms with Crippen molar-refractivity contribution in [3.8, 4) is 0 Å². The zero-order valence-electron chi connectivity index (χ0n) is 6.96. The summed E-state index contributed by atoms with van der Waals surface area (Å²) < 4.78 is 8.88. The molecule has 0 unspecified atom stereocenters. The van der Waals surface area contributed by atoms with Gasteiger partial charge in [-0.25, -0.2) is 4.57 Å². The standard InChI is InChI=1S/C6H9NO.Ca.H3O4P.2H/c1-2-7-5-3-4-6(7)8;;1-5(2,3)4;;/h2H,1,3-5H2;;(H3,1,2,3,4);;. The van der Waals surface area contributed by atoms with E-state index in [4.69, 9.17) is 19.2 Å². The fraction of sp³-hybridized carbons (Fsp3) is 0.500. The molecule has 1 aliphatic rings. The van der Waals surface area contributed by atoms with Crippen LogP contribution in [0.15, 0.2) is 12.8 Å². The molecule has 1 amide bonds. The maximum absolute atomic E-state index is 10.7. The Hall–Kier alpha value is 0.580. The Balaban J connectivity index is 0. The third-order valence-electron chi connectivity index (χ3n) is 1.33. The minimum absolute atomic E-state index is 0. The van der Waals surface area contributed by atoms with Gasteiger partial charge in [-0.15, -0.1) is 0 Å². The molecular weight excluding hydrogens is 237 g/mol. The molecule has 0 radical (unpaired) electrons. The van der Waals surface area contributed by atoms with E-state index in [0.29, 0.717) is 6.42 Å². The first-order valence-corrected chi connectivity index (χ1v) is 5.11. The molecule has 0 atom stereocenters. The van der Waals surface area contributed by atoms with Crippen molar-refractivity contribution in [1.29, 1.82) is 0 Å². The van der Waals surface area contributed by atoms with Gasteiger partial charge < -0.3 is 19.6 Å². The van der Waals surface area contributed by atoms with Crippen molar-refractivity contribution in [2.45, 2.75) is 12.8 Å². The van der Waals surface area contributed by atoms with Gasteiger partial charge in [0, 0.05) is 13.0 Å². The molecular formula is C6H14CaNO5P. The second-order valence-electron chi connectivity index (χ2n) is 2.39. The number of likely N-dealkylation sites (tertiary alicyclic amines) is 1. The number of phosphoric acid groups is 1. The number of rotatable bonds is 1. The number of nitrogens with zero attached hydrogens (tertiary/aromatic N) is 1. The van der Waals surface area contributed by atoms with Crippen LogP contribution in [0, 0.1) is 0 Å². The summed E-state index contributed by atoms with van der Waals surface area (Å²) in [6, 6.07) is 0. The zero-order chi connectivity index (χ0) is 10.5. The van der Waals surface area contributed by atoms with E-state index in [2.05, 4.69) is 6.58 Å². The normalized spacial score (nSPS) is 15.4. The Bertz CT molecular complexity index is 232. The molecule has 0 aromatic carbocycles. The van der Waals surface area contributed by atoms with Crippen LogP contribution in [-0.2, 0) is 9.36 Å². The van der Waals surface area contributed by atoms with E-state index >= 15 is 0 Å². The van der Waals surface area contributed by atoms with Gasteiger partial charge in [-0.3, -0.25) is 4.79 Å². The quantitative estimate of drug-likeness (QED) is 0.406. The Morgan fingerprint density at radius 2 is 1.86 bits per heavy atom. The molecule has 0 aliphatic carbocycles. The molecule has 1 rings (SSSR count). The van der Waals surface area contributed by atoms with Crippen molar-refractivity contribution in [3.05, 3.63) is 12.8 Å². The summed E-state index contributed by atoms with van der Waals surface area (Å²) in [6.45, 7) is 4.36. The Labute approximate surface area is 112 Å². The van der Waals surface area contributed by atoms with Gasteiger partial charge in [0.2, 0.25) is 5.91 Å². The second kappa shape index (κ2) is 7.82. The molecule has 6 nitrogen and oxygen atoms in total. The molecule has 1 aliphatic heterocycles. The third-order valence-corrected chi connectivity index (χ3v) is 1.33. The van der Waals surface area contributed by atoms with E-state index < -0.39 is 7.82 Å². The molecule has 80 valence electrons. The topological polar surface area (TPSA) is 98.1 Å². The van der Waals surface area contributed by atoms with E-state index in [1.807, 2.05) is 0 Å². The summed E-state index contributed by atoms with van der Waals surface area (Å²) in [5.41, 5.74) is 0. The van der Waals surface area contributed by atoms with Gasteiger partial charge in [0.1, 0.15) is 0 Å². The molecule has 3 N–H and O–H groups in total. The second-order valence-corrected chi connectivity index (χ2v) is 3.41. The van der Waals surface area contributed by atoms with Crippen molar-refractivity contribution in [2.24, 2.45) is 0 Å². The summed E-state index contributed by atoms with van der Waals surface area (Å²) >= 11 is 0. The molecule has 1 fully saturated rings. The van der Waals surface area contributed by atoms with Crippen molar-refractivity contribution in [1.82, 2.24) is 4.90 Å². The minimum atomic E-state index is -4.64. The van der Waals surface area contributed by atoms with E-state index in [-0.39, 0.29) is 43.6 Å². The zero-order valence-corrected chi connectivity index (χ0v) is 7.85. The molecule has 0 saturated carbocycles. The van der Waals surface area contributed by atoms with E-state index in [1.165, 1.54) is 0 Å². The van der Waals surface area contributed by atoms with Gasteiger partial charge in [-0.2, -0.15) is 0 Å². The Morgan fingerprint density at radius 1 is 1.43 bits per heavy atom. The summed E-state index contributed by atoms with van der Waals surface area (Å²) in [4.78, 5) is 33.9. The monoisotopic (exact) mass is 251 g/mol. The number of carbonyl (C=O) groups excluding carboxylic acids is 1. The van der Waals surface area contributed by atoms with Crippen LogP contribution in [0.4, 0.5) is 0 Å². The SMILES string of the molecule is C=CN1CCCC1=O.O=P(O)(O)O.[CaH2]. The summed E-state index contributed by atoms with van der Waals surface area (Å²) in [5.74, 6) is 0.208. The molecule has 0 spiro atoms. The molecule has 1 saturated heterocycles. The average molecular weight is 251 g/mol. The Morgan fingerprint density at radius 3 is 2.00 bits per heavy atom. The van der Waals surface area contributed by atoms with Crippen LogP contribution in [0.2, 0.25) is 0 Å². The van der Waals surface area contributed by atoms with Gasteiger partial charge >= 0.3 is 45.6 Å². The summed E-state index contributed by atoms with van der Waals surface area (Å²) in [5, 5.41) is 0. The van der Waals surface area contributed by atoms with Gasteiger partial charge in [0.15, 0.2) is 0 Å². The Kier molecular flexibility index (Phi) is 9.49. The first kappa shape index (κ1) is 17.0. The average Bonchev–Trinajstić information content (AvgIpc) is 2.31. The van der Waals surface area contributed by atoms with Crippen molar-refractivity contribution >= 4 is 51.5 Å². The van der Waals surface area contributed by atoms with Gasteiger partial charge in [0.05, 0.1) is 0 Å². The van der Waals surface area contributed by atoms with Crippen molar-refractivity contribution < 1.29 is 24.0 Å². The van der Waals surface area contributed by atoms with Gasteiger partial charge in [0.25, 0.3) is 0 Å². The van der Waals surface area contributed by atoms with Gasteiger partial charge in [-0.1, -0.05) is 6.58 Å². The van der Waals surface area contributed by atoms with E-state index in [1.54, 1.807) is 11.1 Å². The van der Waals surface area contributed by atoms with Crippen LogP contribution in [0.5, 0.6) is 0 Å². The number of amides is 1. The number of hydrogen-bond acceptors (Lipinski definition) is 2. The van der Waals surface area contributed by atoms with Gasteiger partial charge in [-0.05, 0) is 12.6 Å². The molecule has 14 heavy (non-hydrogen) atoms. The van der Waals surface area contributed by atoms with Crippen LogP contribution in [0.3, 0.4) is 0 Å². The van der Waals surface area contributed by atoms with Crippen LogP contribution in [-0.4, -0.2) is 69.8 Å². The first-order valence-electron chi connectivity index (χ1n) is 3.55. The molecule has 0 bridgehead atoms. The maximum atomic E-state index is 10.7. The van der Waals surface area contributed by atoms with Crippen LogP contribution >= 0.6 is 7.82 Å². The predicted molar refractivity (Wildman–Crippen MR) is 54.0 cm³/mol. The first-order chi connectivity index (χ1) is 5.84. The van der Waals surface area contributed by atoms with E-state index in [9.17, 15) is 4.79 Å². The molecule has 1 heterocycles. The number of hydrogen-bond donors (Lipinski definition) is 3. The fourth-order valence-electron chi connectivity index (χ4n) is 0.862. The summed E-state index contributed by atoms with van der Waals surface area (Å²) in [7, 11) is -4.64. The van der Waals surface area contributed by atoms with Crippen LogP contribution < -0.4 is 0 Å². The molecule has 0 aromatic rings. The van der Waals surface area contributed by atoms with Crippen LogP contribution in [0.1, 0.15) is 12.8 Å². The van der Waals surface area contributed by atoms with Crippen molar-refractivity contribution in [2.75, 3.05) is 6.54 Å². The predicted octanol–water partition coefficient (Wildman–Crippen LogP) is -1.09. The molecule has 0 aromatic heterocycles. The van der Waals surface area contributed by atoms with Crippen LogP contribution in [0.25, 0.3) is 0 Å². The number of carbonyl (C=O) groups is 1. The fourth-order valence-corrected chi connectivity index (χ4v) is 0.862. The summed E-state index contributed by atoms with van der Waals surface area (Å²) in [6.07, 6.45) is 3.28. The van der Waals surface area contributed by atoms with E-state index in [0.717, 1.165) is 13.0 Å². The van der Waals surface area contributed by atoms with Crippen molar-refractivity contribution in [3.63, 3.8) is 0 Å². The molecule has 8 heteroatoms. The third kappa shape index (κ3) is 10.7.